The Kier molecular flexibility index (Phi) is 4.18. The Morgan fingerprint density at radius 3 is 2.76 bits per heavy atom. The monoisotopic (exact) mass is 253 g/mol. The number of aliphatic hydroxyl groups is 1. The second-order valence-electron chi connectivity index (χ2n) is 4.43. The molecular weight excluding hydrogens is 234 g/mol. The summed E-state index contributed by atoms with van der Waals surface area (Å²) in [7, 11) is 0. The highest BCUT2D eigenvalue weighted by Crippen LogP contribution is 2.27. The summed E-state index contributed by atoms with van der Waals surface area (Å²) in [6.07, 6.45) is 4.33. The largest absolute Gasteiger partial charge is 0.395 e. The number of aliphatic hydroxyl groups excluding tert-OH is 1. The number of carbonyl (C=O) groups is 1. The maximum absolute atomic E-state index is 12.3. The molecule has 94 valence electrons. The average Bonchev–Trinajstić information content (AvgIpc) is 2.73. The maximum Gasteiger partial charge on any atom is 0.264 e. The van der Waals surface area contributed by atoms with Gasteiger partial charge < -0.3 is 10.0 Å². The second kappa shape index (κ2) is 5.65. The average molecular weight is 253 g/mol. The molecule has 0 unspecified atom stereocenters. The molecule has 2 rings (SSSR count). The summed E-state index contributed by atoms with van der Waals surface area (Å²) in [5.74, 6) is 0.0912. The third-order valence-electron chi connectivity index (χ3n) is 3.34. The Morgan fingerprint density at radius 2 is 2.29 bits per heavy atom. The molecule has 4 heteroatoms. The molecule has 1 fully saturated rings. The lowest BCUT2D eigenvalue weighted by atomic mass is 9.91. The zero-order chi connectivity index (χ0) is 12.3. The van der Waals surface area contributed by atoms with E-state index >= 15 is 0 Å². The van der Waals surface area contributed by atoms with E-state index in [0.717, 1.165) is 24.1 Å². The summed E-state index contributed by atoms with van der Waals surface area (Å²) < 4.78 is 0. The van der Waals surface area contributed by atoms with Crippen LogP contribution in [0, 0.1) is 0 Å². The van der Waals surface area contributed by atoms with Crippen LogP contribution in [-0.4, -0.2) is 35.1 Å². The molecule has 3 nitrogen and oxygen atoms in total. The molecule has 1 aliphatic rings. The molecular formula is C13H19NO2S. The number of carbonyl (C=O) groups excluding carboxylic acids is 1. The summed E-state index contributed by atoms with van der Waals surface area (Å²) in [5.41, 5.74) is 0. The van der Waals surface area contributed by atoms with Gasteiger partial charge >= 0.3 is 0 Å². The molecule has 0 radical (unpaired) electrons. The van der Waals surface area contributed by atoms with E-state index in [4.69, 9.17) is 5.11 Å². The van der Waals surface area contributed by atoms with Crippen LogP contribution < -0.4 is 0 Å². The van der Waals surface area contributed by atoms with Crippen molar-refractivity contribution in [1.82, 2.24) is 4.90 Å². The van der Waals surface area contributed by atoms with Gasteiger partial charge in [0, 0.05) is 17.5 Å². The third kappa shape index (κ3) is 2.69. The quantitative estimate of drug-likeness (QED) is 0.874. The predicted molar refractivity (Wildman–Crippen MR) is 69.5 cm³/mol. The first kappa shape index (κ1) is 12.6. The summed E-state index contributed by atoms with van der Waals surface area (Å²) >= 11 is 1.57. The maximum atomic E-state index is 12.3. The van der Waals surface area contributed by atoms with Crippen LogP contribution in [0.2, 0.25) is 0 Å². The molecule has 0 aromatic carbocycles. The van der Waals surface area contributed by atoms with Gasteiger partial charge in [-0.15, -0.1) is 11.3 Å². The van der Waals surface area contributed by atoms with Crippen LogP contribution in [0.1, 0.15) is 40.7 Å². The van der Waals surface area contributed by atoms with E-state index in [2.05, 4.69) is 6.92 Å². The minimum absolute atomic E-state index is 0.0499. The van der Waals surface area contributed by atoms with Crippen molar-refractivity contribution in [3.8, 4) is 0 Å². The molecule has 0 atom stereocenters. The van der Waals surface area contributed by atoms with Crippen molar-refractivity contribution in [2.45, 2.75) is 38.6 Å². The number of hydrogen-bond acceptors (Lipinski definition) is 3. The first-order chi connectivity index (χ1) is 8.26. The fourth-order valence-corrected chi connectivity index (χ4v) is 2.98. The van der Waals surface area contributed by atoms with Gasteiger partial charge in [0.25, 0.3) is 5.91 Å². The van der Waals surface area contributed by atoms with Gasteiger partial charge in [-0.1, -0.05) is 6.92 Å². The van der Waals surface area contributed by atoms with Gasteiger partial charge in [0.1, 0.15) is 0 Å². The molecule has 1 aliphatic carbocycles. The molecule has 0 spiro atoms. The Bertz CT molecular complexity index is 385. The number of thiophene rings is 1. The number of rotatable bonds is 5. The number of hydrogen-bond donors (Lipinski definition) is 1. The van der Waals surface area contributed by atoms with Crippen LogP contribution in [0.5, 0.6) is 0 Å². The lowest BCUT2D eigenvalue weighted by Crippen LogP contribution is -2.45. The molecule has 0 aliphatic heterocycles. The molecule has 1 amide bonds. The second-order valence-corrected chi connectivity index (χ2v) is 5.59. The van der Waals surface area contributed by atoms with Gasteiger partial charge in [0.2, 0.25) is 0 Å². The summed E-state index contributed by atoms with van der Waals surface area (Å²) in [6.45, 7) is 2.61. The van der Waals surface area contributed by atoms with Crippen LogP contribution in [0.3, 0.4) is 0 Å². The first-order valence-corrected chi connectivity index (χ1v) is 7.08. The highest BCUT2D eigenvalue weighted by Gasteiger charge is 2.29. The predicted octanol–water partition coefficient (Wildman–Crippen LogP) is 2.30. The molecule has 1 N–H and O–H groups in total. The van der Waals surface area contributed by atoms with Crippen molar-refractivity contribution < 1.29 is 9.90 Å². The van der Waals surface area contributed by atoms with Crippen molar-refractivity contribution in [1.29, 1.82) is 0 Å². The minimum atomic E-state index is 0.0499. The lowest BCUT2D eigenvalue weighted by Gasteiger charge is -2.37. The number of nitrogens with zero attached hydrogens (tertiary/aromatic N) is 1. The standard InChI is InChI=1S/C13H19NO2S/c1-2-11-6-7-12(17-11)13(16)14(8-9-15)10-4-3-5-10/h6-7,10,15H,2-5,8-9H2,1H3. The topological polar surface area (TPSA) is 40.5 Å². The summed E-state index contributed by atoms with van der Waals surface area (Å²) in [4.78, 5) is 16.2. The van der Waals surface area contributed by atoms with E-state index in [1.807, 2.05) is 17.0 Å². The van der Waals surface area contributed by atoms with Gasteiger partial charge in [-0.2, -0.15) is 0 Å². The third-order valence-corrected chi connectivity index (χ3v) is 4.56. The van der Waals surface area contributed by atoms with E-state index in [9.17, 15) is 4.79 Å². The van der Waals surface area contributed by atoms with E-state index in [1.54, 1.807) is 11.3 Å². The highest BCUT2D eigenvalue weighted by molar-refractivity contribution is 7.14. The fourth-order valence-electron chi connectivity index (χ4n) is 2.08. The van der Waals surface area contributed by atoms with Crippen molar-refractivity contribution in [3.05, 3.63) is 21.9 Å². The Hall–Kier alpha value is -0.870. The first-order valence-electron chi connectivity index (χ1n) is 6.26. The molecule has 1 saturated carbocycles. The van der Waals surface area contributed by atoms with Gasteiger partial charge in [0.05, 0.1) is 11.5 Å². The van der Waals surface area contributed by atoms with Crippen molar-refractivity contribution >= 4 is 17.2 Å². The van der Waals surface area contributed by atoms with Crippen molar-refractivity contribution in [2.24, 2.45) is 0 Å². The molecule has 1 aromatic heterocycles. The number of aryl methyl sites for hydroxylation is 1. The SMILES string of the molecule is CCc1ccc(C(=O)N(CCO)C2CCC2)s1. The van der Waals surface area contributed by atoms with Gasteiger partial charge in [-0.3, -0.25) is 4.79 Å². The van der Waals surface area contributed by atoms with Crippen LogP contribution >= 0.6 is 11.3 Å². The zero-order valence-electron chi connectivity index (χ0n) is 10.2. The van der Waals surface area contributed by atoms with Crippen molar-refractivity contribution in [3.63, 3.8) is 0 Å². The van der Waals surface area contributed by atoms with Crippen LogP contribution in [0.4, 0.5) is 0 Å². The Labute approximate surface area is 106 Å². The van der Waals surface area contributed by atoms with Gasteiger partial charge in [-0.05, 0) is 37.8 Å². The summed E-state index contributed by atoms with van der Waals surface area (Å²) in [6, 6.07) is 4.28. The van der Waals surface area contributed by atoms with Crippen LogP contribution in [0.15, 0.2) is 12.1 Å². The van der Waals surface area contributed by atoms with E-state index in [0.29, 0.717) is 12.6 Å². The normalized spacial score (nSPS) is 15.6. The Morgan fingerprint density at radius 1 is 1.53 bits per heavy atom. The fraction of sp³-hybridized carbons (Fsp3) is 0.615. The summed E-state index contributed by atoms with van der Waals surface area (Å²) in [5, 5.41) is 9.06. The van der Waals surface area contributed by atoms with Crippen molar-refractivity contribution in [2.75, 3.05) is 13.2 Å². The van der Waals surface area contributed by atoms with Crippen LogP contribution in [0.25, 0.3) is 0 Å². The minimum Gasteiger partial charge on any atom is -0.395 e. The molecule has 0 saturated heterocycles. The molecule has 0 bridgehead atoms. The van der Waals surface area contributed by atoms with E-state index < -0.39 is 0 Å². The number of amides is 1. The van der Waals surface area contributed by atoms with E-state index in [-0.39, 0.29) is 12.5 Å². The van der Waals surface area contributed by atoms with Gasteiger partial charge in [0.15, 0.2) is 0 Å². The Balaban J connectivity index is 2.09. The van der Waals surface area contributed by atoms with Gasteiger partial charge in [-0.25, -0.2) is 0 Å². The molecule has 1 heterocycles. The van der Waals surface area contributed by atoms with E-state index in [1.165, 1.54) is 11.3 Å². The molecule has 17 heavy (non-hydrogen) atoms. The smallest absolute Gasteiger partial charge is 0.264 e. The molecule has 1 aromatic rings. The zero-order valence-corrected chi connectivity index (χ0v) is 11.0. The van der Waals surface area contributed by atoms with Crippen LogP contribution in [-0.2, 0) is 6.42 Å². The lowest BCUT2D eigenvalue weighted by molar-refractivity contribution is 0.0530. The highest BCUT2D eigenvalue weighted by atomic mass is 32.1.